The van der Waals surface area contributed by atoms with E-state index in [2.05, 4.69) is 5.32 Å². The van der Waals surface area contributed by atoms with Crippen LogP contribution in [-0.4, -0.2) is 28.0 Å². The number of methoxy groups -OCH3 is 1. The molecule has 0 atom stereocenters. The molecule has 0 aromatic heterocycles. The molecule has 0 spiro atoms. The van der Waals surface area contributed by atoms with Gasteiger partial charge in [-0.15, -0.1) is 0 Å². The molecule has 3 aromatic rings. The Morgan fingerprint density at radius 2 is 1.83 bits per heavy atom. The Bertz CT molecular complexity index is 1210. The first-order valence-electron chi connectivity index (χ1n) is 9.26. The van der Waals surface area contributed by atoms with Crippen LogP contribution in [0.2, 0.25) is 5.02 Å². The highest BCUT2D eigenvalue weighted by Gasteiger charge is 2.31. The summed E-state index contributed by atoms with van der Waals surface area (Å²) in [6.45, 7) is 0.333. The summed E-state index contributed by atoms with van der Waals surface area (Å²) in [4.78, 5) is 13.0. The van der Waals surface area contributed by atoms with Gasteiger partial charge in [-0.3, -0.25) is 9.10 Å². The summed E-state index contributed by atoms with van der Waals surface area (Å²) in [6, 6.07) is 18.3. The third-order valence-corrected chi connectivity index (χ3v) is 7.00. The third kappa shape index (κ3) is 3.74. The zero-order valence-electron chi connectivity index (χ0n) is 16.1. The minimum atomic E-state index is -3.65. The van der Waals surface area contributed by atoms with Gasteiger partial charge in [0.2, 0.25) is 0 Å². The van der Waals surface area contributed by atoms with E-state index >= 15 is 0 Å². The molecule has 0 unspecified atom stereocenters. The fourth-order valence-corrected chi connectivity index (χ4v) is 5.15. The van der Waals surface area contributed by atoms with Gasteiger partial charge in [-0.1, -0.05) is 29.8 Å². The Balaban J connectivity index is 1.60. The minimum Gasteiger partial charge on any atom is -0.495 e. The number of anilines is 2. The van der Waals surface area contributed by atoms with Gasteiger partial charge in [0.05, 0.1) is 23.4 Å². The summed E-state index contributed by atoms with van der Waals surface area (Å²) in [6.07, 6.45) is 0.531. The van der Waals surface area contributed by atoms with Crippen molar-refractivity contribution in [2.45, 2.75) is 11.3 Å². The number of nitrogens with zero attached hydrogens (tertiary/aromatic N) is 1. The lowest BCUT2D eigenvalue weighted by Crippen LogP contribution is -2.29. The van der Waals surface area contributed by atoms with Gasteiger partial charge in [0, 0.05) is 17.1 Å². The molecule has 1 heterocycles. The molecular formula is C22H19ClN2O4S. The van der Waals surface area contributed by atoms with Gasteiger partial charge in [-0.2, -0.15) is 0 Å². The van der Waals surface area contributed by atoms with Crippen molar-refractivity contribution >= 4 is 38.9 Å². The molecule has 1 amide bonds. The van der Waals surface area contributed by atoms with Gasteiger partial charge in [0.1, 0.15) is 5.75 Å². The highest BCUT2D eigenvalue weighted by Crippen LogP contribution is 2.34. The van der Waals surface area contributed by atoms with Crippen LogP contribution < -0.4 is 14.4 Å². The van der Waals surface area contributed by atoms with Crippen LogP contribution in [0.5, 0.6) is 5.75 Å². The Morgan fingerprint density at radius 1 is 1.07 bits per heavy atom. The lowest BCUT2D eigenvalue weighted by Gasteiger charge is -2.19. The number of carbonyl (C=O) groups excluding carboxylic acids is 1. The molecule has 0 saturated heterocycles. The molecule has 0 bridgehead atoms. The fourth-order valence-electron chi connectivity index (χ4n) is 3.45. The van der Waals surface area contributed by atoms with Crippen LogP contribution in [-0.2, 0) is 16.4 Å². The molecule has 1 N–H and O–H groups in total. The second kappa shape index (κ2) is 8.01. The van der Waals surface area contributed by atoms with Gasteiger partial charge < -0.3 is 10.1 Å². The monoisotopic (exact) mass is 442 g/mol. The number of fused-ring (bicyclic) bond motifs is 1. The molecule has 30 heavy (non-hydrogen) atoms. The number of ether oxygens (including phenoxy) is 1. The van der Waals surface area contributed by atoms with E-state index in [4.69, 9.17) is 16.3 Å². The van der Waals surface area contributed by atoms with Crippen molar-refractivity contribution < 1.29 is 17.9 Å². The number of halogens is 1. The molecule has 3 aromatic carbocycles. The van der Waals surface area contributed by atoms with E-state index in [0.29, 0.717) is 40.7 Å². The zero-order chi connectivity index (χ0) is 21.3. The number of carbonyl (C=O) groups is 1. The van der Waals surface area contributed by atoms with Crippen LogP contribution in [0.3, 0.4) is 0 Å². The van der Waals surface area contributed by atoms with Crippen molar-refractivity contribution in [1.29, 1.82) is 0 Å². The van der Waals surface area contributed by atoms with E-state index < -0.39 is 10.0 Å². The minimum absolute atomic E-state index is 0.243. The Hall–Kier alpha value is -3.03. The van der Waals surface area contributed by atoms with E-state index in [9.17, 15) is 13.2 Å². The van der Waals surface area contributed by atoms with Gasteiger partial charge in [0.15, 0.2) is 0 Å². The maximum Gasteiger partial charge on any atom is 0.264 e. The van der Waals surface area contributed by atoms with E-state index in [-0.39, 0.29) is 10.8 Å². The van der Waals surface area contributed by atoms with E-state index in [1.165, 1.54) is 11.4 Å². The normalized spacial score (nSPS) is 13.1. The van der Waals surface area contributed by atoms with Crippen LogP contribution in [0.25, 0.3) is 0 Å². The lowest BCUT2D eigenvalue weighted by molar-refractivity contribution is 0.102. The van der Waals surface area contributed by atoms with Crippen molar-refractivity contribution in [3.8, 4) is 5.75 Å². The molecular weight excluding hydrogens is 424 g/mol. The van der Waals surface area contributed by atoms with Crippen LogP contribution in [0.1, 0.15) is 15.9 Å². The van der Waals surface area contributed by atoms with Crippen LogP contribution in [0.4, 0.5) is 11.4 Å². The van der Waals surface area contributed by atoms with Crippen molar-refractivity contribution in [1.82, 2.24) is 0 Å². The molecule has 6 nitrogen and oxygen atoms in total. The largest absolute Gasteiger partial charge is 0.495 e. The summed E-state index contributed by atoms with van der Waals surface area (Å²) in [5.41, 5.74) is 2.29. The maximum atomic E-state index is 13.0. The summed E-state index contributed by atoms with van der Waals surface area (Å²) < 4.78 is 32.6. The van der Waals surface area contributed by atoms with E-state index in [1.54, 1.807) is 66.7 Å². The SMILES string of the molecule is COc1ccc(Cl)cc1NC(=O)c1ccc2c(c1)CCN2S(=O)(=O)c1ccccc1. The smallest absolute Gasteiger partial charge is 0.264 e. The first-order chi connectivity index (χ1) is 14.4. The van der Waals surface area contributed by atoms with E-state index in [0.717, 1.165) is 5.56 Å². The first-order valence-corrected chi connectivity index (χ1v) is 11.1. The Labute approximate surface area is 180 Å². The highest BCUT2D eigenvalue weighted by molar-refractivity contribution is 7.92. The number of rotatable bonds is 5. The fraction of sp³-hybridized carbons (Fsp3) is 0.136. The van der Waals surface area contributed by atoms with Crippen molar-refractivity contribution in [3.05, 3.63) is 82.9 Å². The molecule has 1 aliphatic rings. The van der Waals surface area contributed by atoms with Crippen molar-refractivity contribution in [2.75, 3.05) is 23.3 Å². The van der Waals surface area contributed by atoms with Crippen LogP contribution >= 0.6 is 11.6 Å². The maximum absolute atomic E-state index is 13.0. The quantitative estimate of drug-likeness (QED) is 0.637. The van der Waals surface area contributed by atoms with Crippen molar-refractivity contribution in [2.24, 2.45) is 0 Å². The summed E-state index contributed by atoms with van der Waals surface area (Å²) in [5.74, 6) is 0.164. The number of hydrogen-bond acceptors (Lipinski definition) is 4. The number of sulfonamides is 1. The van der Waals surface area contributed by atoms with Crippen LogP contribution in [0, 0.1) is 0 Å². The zero-order valence-corrected chi connectivity index (χ0v) is 17.7. The van der Waals surface area contributed by atoms with Gasteiger partial charge in [0.25, 0.3) is 15.9 Å². The molecule has 8 heteroatoms. The molecule has 0 fully saturated rings. The summed E-state index contributed by atoms with van der Waals surface area (Å²) in [5, 5.41) is 3.27. The first kappa shape index (κ1) is 20.3. The highest BCUT2D eigenvalue weighted by atomic mass is 35.5. The summed E-state index contributed by atoms with van der Waals surface area (Å²) >= 11 is 6.02. The van der Waals surface area contributed by atoms with Gasteiger partial charge in [-0.25, -0.2) is 8.42 Å². The molecule has 0 aliphatic carbocycles. The molecule has 1 aliphatic heterocycles. The molecule has 0 saturated carbocycles. The Kier molecular flexibility index (Phi) is 5.40. The number of amides is 1. The number of nitrogens with one attached hydrogen (secondary N) is 1. The lowest BCUT2D eigenvalue weighted by atomic mass is 10.1. The van der Waals surface area contributed by atoms with E-state index in [1.807, 2.05) is 0 Å². The second-order valence-electron chi connectivity index (χ2n) is 6.78. The average Bonchev–Trinajstić information content (AvgIpc) is 3.18. The topological polar surface area (TPSA) is 75.7 Å². The average molecular weight is 443 g/mol. The number of hydrogen-bond donors (Lipinski definition) is 1. The number of benzene rings is 3. The summed E-state index contributed by atoms with van der Waals surface area (Å²) in [7, 11) is -2.14. The second-order valence-corrected chi connectivity index (χ2v) is 9.08. The third-order valence-electron chi connectivity index (χ3n) is 4.94. The standard InChI is InChI=1S/C22H19ClN2O4S/c1-29-21-10-8-17(23)14-19(21)24-22(26)16-7-9-20-15(13-16)11-12-25(20)30(27,28)18-5-3-2-4-6-18/h2-10,13-14H,11-12H2,1H3,(H,24,26). The predicted molar refractivity (Wildman–Crippen MR) is 117 cm³/mol. The molecule has 154 valence electrons. The predicted octanol–water partition coefficient (Wildman–Crippen LogP) is 4.35. The van der Waals surface area contributed by atoms with Gasteiger partial charge in [-0.05, 0) is 60.5 Å². The molecule has 4 rings (SSSR count). The molecule has 0 radical (unpaired) electrons. The van der Waals surface area contributed by atoms with Crippen LogP contribution in [0.15, 0.2) is 71.6 Å². The Morgan fingerprint density at radius 3 is 2.57 bits per heavy atom. The van der Waals surface area contributed by atoms with Crippen molar-refractivity contribution in [3.63, 3.8) is 0 Å². The van der Waals surface area contributed by atoms with Gasteiger partial charge >= 0.3 is 0 Å².